The molecule has 2 N–H and O–H groups in total. The molecule has 1 aromatic carbocycles. The molecule has 0 atom stereocenters. The first-order valence-electron chi connectivity index (χ1n) is 9.26. The second kappa shape index (κ2) is 9.26. The molecule has 0 saturated carbocycles. The summed E-state index contributed by atoms with van der Waals surface area (Å²) in [6, 6.07) is 9.22. The van der Waals surface area contributed by atoms with Crippen LogP contribution in [0.2, 0.25) is 0 Å². The summed E-state index contributed by atoms with van der Waals surface area (Å²) < 4.78 is 72.6. The summed E-state index contributed by atoms with van der Waals surface area (Å²) in [5, 5.41) is 21.2. The van der Waals surface area contributed by atoms with Crippen molar-refractivity contribution in [3.63, 3.8) is 0 Å². The second-order valence-corrected chi connectivity index (χ2v) is 6.75. The maximum absolute atomic E-state index is 13.1. The quantitative estimate of drug-likeness (QED) is 0.395. The van der Waals surface area contributed by atoms with E-state index in [1.54, 1.807) is 30.9 Å². The maximum Gasteiger partial charge on any atom is 0.490 e. The third-order valence-electron chi connectivity index (χ3n) is 4.52. The number of alkyl halides is 6. The predicted octanol–water partition coefficient (Wildman–Crippen LogP) is 5.13. The number of carbonyl (C=O) groups is 1. The lowest BCUT2D eigenvalue weighted by molar-refractivity contribution is -0.192. The second-order valence-electron chi connectivity index (χ2n) is 6.75. The van der Waals surface area contributed by atoms with E-state index in [0.29, 0.717) is 5.69 Å². The number of aromatic amines is 1. The predicted molar refractivity (Wildman–Crippen MR) is 107 cm³/mol. The first kappa shape index (κ1) is 24.3. The number of carboxylic acids is 1. The van der Waals surface area contributed by atoms with Gasteiger partial charge < -0.3 is 10.1 Å². The van der Waals surface area contributed by atoms with E-state index < -0.39 is 23.9 Å². The van der Waals surface area contributed by atoms with Gasteiger partial charge in [-0.25, -0.2) is 14.5 Å². The minimum atomic E-state index is -5.08. The molecule has 13 heteroatoms. The Balaban J connectivity index is 0.000000406. The van der Waals surface area contributed by atoms with Crippen LogP contribution >= 0.6 is 0 Å². The van der Waals surface area contributed by atoms with Gasteiger partial charge in [-0.2, -0.15) is 36.7 Å². The molecule has 0 bridgehead atoms. The number of rotatable bonds is 3. The number of H-pyrrole nitrogens is 1. The average molecular weight is 481 g/mol. The molecule has 0 unspecified atom stereocenters. The Morgan fingerprint density at radius 3 is 2.47 bits per heavy atom. The van der Waals surface area contributed by atoms with E-state index in [0.717, 1.165) is 28.2 Å². The van der Waals surface area contributed by atoms with Crippen LogP contribution in [0.15, 0.2) is 55.1 Å². The molecule has 4 aromatic rings. The van der Waals surface area contributed by atoms with Crippen LogP contribution in [-0.4, -0.2) is 37.0 Å². The molecule has 0 radical (unpaired) electrons. The zero-order valence-electron chi connectivity index (χ0n) is 16.8. The van der Waals surface area contributed by atoms with E-state index in [1.807, 2.05) is 12.1 Å². The van der Waals surface area contributed by atoms with Gasteiger partial charge in [0, 0.05) is 29.5 Å². The molecule has 3 heterocycles. The van der Waals surface area contributed by atoms with Crippen LogP contribution in [0, 0.1) is 11.3 Å². The molecule has 176 valence electrons. The molecule has 7 nitrogen and oxygen atoms in total. The van der Waals surface area contributed by atoms with Crippen molar-refractivity contribution in [3.8, 4) is 22.9 Å². The molecule has 0 fully saturated rings. The lowest BCUT2D eigenvalue weighted by Gasteiger charge is -2.12. The van der Waals surface area contributed by atoms with Crippen molar-refractivity contribution >= 4 is 17.0 Å². The topological polar surface area (TPSA) is 108 Å². The maximum atomic E-state index is 13.1. The highest BCUT2D eigenvalue weighted by atomic mass is 19.4. The zero-order chi connectivity index (χ0) is 25.1. The van der Waals surface area contributed by atoms with Gasteiger partial charge in [0.25, 0.3) is 0 Å². The Morgan fingerprint density at radius 1 is 1.15 bits per heavy atom. The van der Waals surface area contributed by atoms with Gasteiger partial charge in [0.05, 0.1) is 29.9 Å². The summed E-state index contributed by atoms with van der Waals surface area (Å²) in [6.07, 6.45) is -3.07. The summed E-state index contributed by atoms with van der Waals surface area (Å²) in [6.45, 7) is 0. The molecule has 4 rings (SSSR count). The van der Waals surface area contributed by atoms with E-state index in [9.17, 15) is 26.3 Å². The number of aliphatic carboxylic acids is 1. The van der Waals surface area contributed by atoms with E-state index in [1.165, 1.54) is 16.8 Å². The van der Waals surface area contributed by atoms with E-state index in [4.69, 9.17) is 15.2 Å². The van der Waals surface area contributed by atoms with Crippen LogP contribution in [-0.2, 0) is 17.4 Å². The summed E-state index contributed by atoms with van der Waals surface area (Å²) in [5.41, 5.74) is 2.05. The third kappa shape index (κ3) is 5.34. The molecule has 34 heavy (non-hydrogen) atoms. The van der Waals surface area contributed by atoms with Crippen molar-refractivity contribution in [2.24, 2.45) is 0 Å². The Kier molecular flexibility index (Phi) is 6.62. The summed E-state index contributed by atoms with van der Waals surface area (Å²) in [5.74, 6) is -2.76. The summed E-state index contributed by atoms with van der Waals surface area (Å²) in [7, 11) is 0. The Labute approximate surface area is 186 Å². The Hall–Kier alpha value is -4.34. The van der Waals surface area contributed by atoms with Crippen LogP contribution in [0.1, 0.15) is 11.1 Å². The van der Waals surface area contributed by atoms with Crippen molar-refractivity contribution in [1.82, 2.24) is 19.7 Å². The molecule has 0 aliphatic rings. The number of pyridine rings is 1. The lowest BCUT2D eigenvalue weighted by atomic mass is 10.0. The van der Waals surface area contributed by atoms with Gasteiger partial charge in [0.1, 0.15) is 5.65 Å². The fraction of sp³-hybridized carbons (Fsp3) is 0.143. The number of fused-ring (bicyclic) bond motifs is 1. The molecule has 0 aliphatic heterocycles. The number of benzene rings is 1. The average Bonchev–Trinajstić information content (AvgIpc) is 3.42. The van der Waals surface area contributed by atoms with Gasteiger partial charge in [0.15, 0.2) is 0 Å². The van der Waals surface area contributed by atoms with Gasteiger partial charge in [-0.15, -0.1) is 0 Å². The van der Waals surface area contributed by atoms with E-state index >= 15 is 0 Å². The van der Waals surface area contributed by atoms with Crippen molar-refractivity contribution in [1.29, 1.82) is 5.26 Å². The summed E-state index contributed by atoms with van der Waals surface area (Å²) in [4.78, 5) is 16.2. The normalized spacial score (nSPS) is 11.6. The number of nitriles is 1. The van der Waals surface area contributed by atoms with Crippen molar-refractivity contribution in [3.05, 3.63) is 66.2 Å². The first-order chi connectivity index (χ1) is 15.9. The van der Waals surface area contributed by atoms with Crippen molar-refractivity contribution < 1.29 is 36.2 Å². The first-order valence-corrected chi connectivity index (χ1v) is 9.26. The minimum absolute atomic E-state index is 0.0727. The Bertz CT molecular complexity index is 1360. The van der Waals surface area contributed by atoms with Crippen LogP contribution in [0.25, 0.3) is 27.8 Å². The number of halogens is 6. The highest BCUT2D eigenvalue weighted by molar-refractivity contribution is 5.92. The van der Waals surface area contributed by atoms with Gasteiger partial charge in [-0.3, -0.25) is 0 Å². The van der Waals surface area contributed by atoms with Crippen LogP contribution in [0.3, 0.4) is 0 Å². The monoisotopic (exact) mass is 481 g/mol. The van der Waals surface area contributed by atoms with Crippen molar-refractivity contribution in [2.75, 3.05) is 0 Å². The SMILES string of the molecule is N#CCc1cc(-n2cc(-c3ccnc4[nH]ccc34)cn2)ccc1C(F)(F)F.O=C(O)C(F)(F)F. The molecule has 0 amide bonds. The molecule has 0 aliphatic carbocycles. The van der Waals surface area contributed by atoms with E-state index in [-0.39, 0.29) is 12.0 Å². The molecule has 3 aromatic heterocycles. The molecular formula is C21H13F6N5O2. The van der Waals surface area contributed by atoms with E-state index in [2.05, 4.69) is 15.1 Å². The number of carboxylic acid groups (broad SMARTS) is 1. The van der Waals surface area contributed by atoms with Crippen LogP contribution in [0.4, 0.5) is 26.3 Å². The highest BCUT2D eigenvalue weighted by Gasteiger charge is 2.38. The van der Waals surface area contributed by atoms with Gasteiger partial charge >= 0.3 is 18.3 Å². The fourth-order valence-corrected chi connectivity index (χ4v) is 3.05. The molecular weight excluding hydrogens is 468 g/mol. The minimum Gasteiger partial charge on any atom is -0.475 e. The number of aromatic nitrogens is 4. The highest BCUT2D eigenvalue weighted by Crippen LogP contribution is 2.34. The number of nitrogens with one attached hydrogen (secondary N) is 1. The van der Waals surface area contributed by atoms with Crippen LogP contribution in [0.5, 0.6) is 0 Å². The standard InChI is InChI=1S/C19H12F3N5.C2HF3O2/c20-19(21,22)17-2-1-14(9-12(17)3-6-23)27-11-13(10-26-27)15-4-7-24-18-16(15)5-8-25-18;3-2(4,5)1(6)7/h1-2,4-5,7-11H,3H2,(H,24,25);(H,6,7). The largest absolute Gasteiger partial charge is 0.490 e. The molecule has 0 saturated heterocycles. The number of hydrogen-bond donors (Lipinski definition) is 2. The molecule has 0 spiro atoms. The van der Waals surface area contributed by atoms with Crippen LogP contribution < -0.4 is 0 Å². The van der Waals surface area contributed by atoms with Gasteiger partial charge in [-0.05, 0) is 41.5 Å². The fourth-order valence-electron chi connectivity index (χ4n) is 3.05. The number of hydrogen-bond acceptors (Lipinski definition) is 4. The zero-order valence-corrected chi connectivity index (χ0v) is 16.8. The Morgan fingerprint density at radius 2 is 1.85 bits per heavy atom. The van der Waals surface area contributed by atoms with Crippen molar-refractivity contribution in [2.45, 2.75) is 18.8 Å². The third-order valence-corrected chi connectivity index (χ3v) is 4.52. The smallest absolute Gasteiger partial charge is 0.475 e. The summed E-state index contributed by atoms with van der Waals surface area (Å²) >= 11 is 0. The van der Waals surface area contributed by atoms with Gasteiger partial charge in [-0.1, -0.05) is 0 Å². The number of nitrogens with zero attached hydrogens (tertiary/aromatic N) is 4. The lowest BCUT2D eigenvalue weighted by Crippen LogP contribution is -2.21. The van der Waals surface area contributed by atoms with Gasteiger partial charge in [0.2, 0.25) is 0 Å².